The van der Waals surface area contributed by atoms with E-state index in [-0.39, 0.29) is 23.9 Å². The molecule has 0 bridgehead atoms. The van der Waals surface area contributed by atoms with Crippen LogP contribution in [0.25, 0.3) is 0 Å². The van der Waals surface area contributed by atoms with E-state index in [1.807, 2.05) is 0 Å². The number of carboxylic acids is 1. The Balaban J connectivity index is 1.96. The van der Waals surface area contributed by atoms with E-state index >= 15 is 0 Å². The van der Waals surface area contributed by atoms with Gasteiger partial charge in [-0.1, -0.05) is 13.3 Å². The number of carbonyl (C=O) groups excluding carboxylic acids is 1. The minimum Gasteiger partial charge on any atom is -0.481 e. The summed E-state index contributed by atoms with van der Waals surface area (Å²) in [5, 5.41) is 15.7. The normalized spacial score (nSPS) is 35.8. The molecular weight excluding hydrogens is 272 g/mol. The van der Waals surface area contributed by atoms with Gasteiger partial charge < -0.3 is 20.5 Å². The maximum Gasteiger partial charge on any atom is 0.311 e. The minimum atomic E-state index is -0.846. The number of carbonyl (C=O) groups is 2. The van der Waals surface area contributed by atoms with Crippen molar-refractivity contribution in [3.05, 3.63) is 0 Å². The van der Waals surface area contributed by atoms with E-state index < -0.39 is 11.4 Å². The van der Waals surface area contributed by atoms with Gasteiger partial charge in [0.25, 0.3) is 0 Å². The number of nitrogens with one attached hydrogen (secondary N) is 2. The lowest BCUT2D eigenvalue weighted by Gasteiger charge is -2.29. The highest BCUT2D eigenvalue weighted by atomic mass is 16.5. The zero-order valence-corrected chi connectivity index (χ0v) is 12.9. The smallest absolute Gasteiger partial charge is 0.311 e. The summed E-state index contributed by atoms with van der Waals surface area (Å²) < 4.78 is 5.41. The van der Waals surface area contributed by atoms with Gasteiger partial charge in [-0.05, 0) is 32.7 Å². The quantitative estimate of drug-likeness (QED) is 0.674. The zero-order valence-electron chi connectivity index (χ0n) is 12.9. The van der Waals surface area contributed by atoms with Crippen LogP contribution in [0.3, 0.4) is 0 Å². The Morgan fingerprint density at radius 2 is 2.14 bits per heavy atom. The highest BCUT2D eigenvalue weighted by molar-refractivity contribution is 5.82. The maximum absolute atomic E-state index is 12.5. The Hall–Kier alpha value is -1.14. The lowest BCUT2D eigenvalue weighted by Crippen LogP contribution is -2.52. The molecule has 0 aromatic heterocycles. The number of carboxylic acid groups (broad SMARTS) is 1. The molecule has 1 aliphatic heterocycles. The topological polar surface area (TPSA) is 87.7 Å². The number of hydrogen-bond acceptors (Lipinski definition) is 4. The van der Waals surface area contributed by atoms with E-state index in [2.05, 4.69) is 17.6 Å². The molecule has 1 saturated carbocycles. The highest BCUT2D eigenvalue weighted by Crippen LogP contribution is 2.38. The molecule has 4 unspecified atom stereocenters. The fourth-order valence-electron chi connectivity index (χ4n) is 3.28. The van der Waals surface area contributed by atoms with E-state index in [1.54, 1.807) is 6.92 Å². The number of rotatable bonds is 6. The predicted octanol–water partition coefficient (Wildman–Crippen LogP) is 0.761. The van der Waals surface area contributed by atoms with Crippen LogP contribution < -0.4 is 10.6 Å². The summed E-state index contributed by atoms with van der Waals surface area (Å²) in [5.41, 5.74) is -0.846. The van der Waals surface area contributed by atoms with Crippen molar-refractivity contribution >= 4 is 11.9 Å². The Morgan fingerprint density at radius 1 is 1.38 bits per heavy atom. The molecule has 120 valence electrons. The van der Waals surface area contributed by atoms with Gasteiger partial charge in [-0.2, -0.15) is 0 Å². The molecule has 21 heavy (non-hydrogen) atoms. The van der Waals surface area contributed by atoms with Gasteiger partial charge in [0.2, 0.25) is 5.91 Å². The van der Waals surface area contributed by atoms with Crippen LogP contribution in [-0.4, -0.2) is 48.8 Å². The maximum atomic E-state index is 12.5. The van der Waals surface area contributed by atoms with E-state index in [0.717, 1.165) is 25.8 Å². The minimum absolute atomic E-state index is 0.0300. The lowest BCUT2D eigenvalue weighted by molar-refractivity contribution is -0.149. The first kappa shape index (κ1) is 16.2. The van der Waals surface area contributed by atoms with Crippen molar-refractivity contribution in [2.75, 3.05) is 19.8 Å². The second-order valence-electron chi connectivity index (χ2n) is 6.38. The van der Waals surface area contributed by atoms with E-state index in [4.69, 9.17) is 4.74 Å². The molecule has 0 aromatic rings. The van der Waals surface area contributed by atoms with Crippen molar-refractivity contribution in [2.45, 2.75) is 51.6 Å². The Labute approximate surface area is 125 Å². The zero-order chi connectivity index (χ0) is 15.5. The molecule has 2 aliphatic rings. The van der Waals surface area contributed by atoms with Crippen LogP contribution in [0.2, 0.25) is 0 Å². The third-order valence-electron chi connectivity index (χ3n) is 4.84. The molecule has 2 rings (SSSR count). The SMILES string of the molecule is CCCNC1COCC1C(=O)NC1CCCC1(C)C(=O)O. The summed E-state index contributed by atoms with van der Waals surface area (Å²) in [5.74, 6) is -1.13. The second kappa shape index (κ2) is 6.75. The first-order valence-electron chi connectivity index (χ1n) is 7.84. The largest absolute Gasteiger partial charge is 0.481 e. The fourth-order valence-corrected chi connectivity index (χ4v) is 3.28. The molecule has 6 heteroatoms. The van der Waals surface area contributed by atoms with Crippen LogP contribution in [0.4, 0.5) is 0 Å². The summed E-state index contributed by atoms with van der Waals surface area (Å²) >= 11 is 0. The lowest BCUT2D eigenvalue weighted by atomic mass is 9.84. The first-order valence-corrected chi connectivity index (χ1v) is 7.84. The van der Waals surface area contributed by atoms with Crippen molar-refractivity contribution in [1.82, 2.24) is 10.6 Å². The summed E-state index contributed by atoms with van der Waals surface area (Å²) in [6, 6.07) is -0.252. The van der Waals surface area contributed by atoms with Crippen LogP contribution in [0, 0.1) is 11.3 Å². The average molecular weight is 298 g/mol. The van der Waals surface area contributed by atoms with Gasteiger partial charge in [0, 0.05) is 12.1 Å². The molecule has 2 fully saturated rings. The van der Waals surface area contributed by atoms with Crippen LogP contribution in [0.1, 0.15) is 39.5 Å². The van der Waals surface area contributed by atoms with Crippen molar-refractivity contribution in [3.8, 4) is 0 Å². The number of ether oxygens (including phenoxy) is 1. The molecule has 6 nitrogen and oxygen atoms in total. The summed E-state index contributed by atoms with van der Waals surface area (Å²) in [4.78, 5) is 23.9. The van der Waals surface area contributed by atoms with Crippen molar-refractivity contribution in [1.29, 1.82) is 0 Å². The van der Waals surface area contributed by atoms with Crippen molar-refractivity contribution in [3.63, 3.8) is 0 Å². The number of aliphatic carboxylic acids is 1. The Morgan fingerprint density at radius 3 is 2.81 bits per heavy atom. The summed E-state index contributed by atoms with van der Waals surface area (Å²) in [6.45, 7) is 5.61. The second-order valence-corrected chi connectivity index (χ2v) is 6.38. The summed E-state index contributed by atoms with van der Waals surface area (Å²) in [7, 11) is 0. The average Bonchev–Trinajstić information content (AvgIpc) is 3.04. The van der Waals surface area contributed by atoms with Gasteiger partial charge in [0.15, 0.2) is 0 Å². The first-order chi connectivity index (χ1) is 9.99. The van der Waals surface area contributed by atoms with Crippen molar-refractivity contribution in [2.24, 2.45) is 11.3 Å². The monoisotopic (exact) mass is 298 g/mol. The molecule has 0 aromatic carbocycles. The molecule has 3 N–H and O–H groups in total. The van der Waals surface area contributed by atoms with Gasteiger partial charge in [0.05, 0.1) is 24.5 Å². The van der Waals surface area contributed by atoms with Gasteiger partial charge >= 0.3 is 5.97 Å². The fraction of sp³-hybridized carbons (Fsp3) is 0.867. The molecule has 1 heterocycles. The van der Waals surface area contributed by atoms with Gasteiger partial charge in [-0.25, -0.2) is 0 Å². The molecule has 0 radical (unpaired) electrons. The van der Waals surface area contributed by atoms with E-state index in [1.165, 1.54) is 0 Å². The van der Waals surface area contributed by atoms with Crippen LogP contribution in [-0.2, 0) is 14.3 Å². The summed E-state index contributed by atoms with van der Waals surface area (Å²) in [6.07, 6.45) is 3.19. The molecular formula is C15H26N2O4. The molecule has 1 aliphatic carbocycles. The van der Waals surface area contributed by atoms with Crippen LogP contribution >= 0.6 is 0 Å². The van der Waals surface area contributed by atoms with Crippen LogP contribution in [0.5, 0.6) is 0 Å². The van der Waals surface area contributed by atoms with Crippen LogP contribution in [0.15, 0.2) is 0 Å². The third kappa shape index (κ3) is 3.37. The van der Waals surface area contributed by atoms with Gasteiger partial charge in [-0.3, -0.25) is 9.59 Å². The standard InChI is InChI=1S/C15H26N2O4/c1-3-7-16-11-9-21-8-10(11)13(18)17-12-5-4-6-15(12,2)14(19)20/h10-12,16H,3-9H2,1-2H3,(H,17,18)(H,19,20). The molecule has 1 amide bonds. The Kier molecular flexibility index (Phi) is 5.22. The van der Waals surface area contributed by atoms with E-state index in [0.29, 0.717) is 19.6 Å². The Bertz CT molecular complexity index is 401. The van der Waals surface area contributed by atoms with Gasteiger partial charge in [0.1, 0.15) is 0 Å². The molecule has 4 atom stereocenters. The molecule has 0 spiro atoms. The van der Waals surface area contributed by atoms with Crippen molar-refractivity contribution < 1.29 is 19.4 Å². The third-order valence-corrected chi connectivity index (χ3v) is 4.84. The highest BCUT2D eigenvalue weighted by Gasteiger charge is 2.47. The number of amides is 1. The van der Waals surface area contributed by atoms with Gasteiger partial charge in [-0.15, -0.1) is 0 Å². The molecule has 1 saturated heterocycles. The number of hydrogen-bond donors (Lipinski definition) is 3. The van der Waals surface area contributed by atoms with E-state index in [9.17, 15) is 14.7 Å². The predicted molar refractivity (Wildman–Crippen MR) is 77.9 cm³/mol.